The minimum atomic E-state index is -4.13. The van der Waals surface area contributed by atoms with Crippen molar-refractivity contribution in [3.8, 4) is 0 Å². The van der Waals surface area contributed by atoms with Gasteiger partial charge in [-0.2, -0.15) is 8.42 Å². The SMILES string of the molecule is CC(C)OC(=O)NS(=O)(=O)Nc1ccc(F)c(Br)c1. The Bertz CT molecular complexity index is 577. The maximum Gasteiger partial charge on any atom is 0.422 e. The van der Waals surface area contributed by atoms with Crippen LogP contribution in [0.4, 0.5) is 14.9 Å². The monoisotopic (exact) mass is 354 g/mol. The number of anilines is 1. The van der Waals surface area contributed by atoms with E-state index in [2.05, 4.69) is 25.4 Å². The van der Waals surface area contributed by atoms with Crippen molar-refractivity contribution in [2.45, 2.75) is 20.0 Å². The summed E-state index contributed by atoms with van der Waals surface area (Å²) in [6, 6.07) is 3.52. The summed E-state index contributed by atoms with van der Waals surface area (Å²) >= 11 is 2.92. The van der Waals surface area contributed by atoms with Crippen molar-refractivity contribution < 1.29 is 22.3 Å². The molecule has 0 spiro atoms. The van der Waals surface area contributed by atoms with Gasteiger partial charge in [-0.1, -0.05) is 0 Å². The molecule has 0 saturated carbocycles. The quantitative estimate of drug-likeness (QED) is 0.869. The van der Waals surface area contributed by atoms with E-state index in [0.29, 0.717) is 0 Å². The molecule has 0 atom stereocenters. The van der Waals surface area contributed by atoms with E-state index in [1.807, 2.05) is 0 Å². The van der Waals surface area contributed by atoms with Gasteiger partial charge in [0.1, 0.15) is 5.82 Å². The number of hydrogen-bond donors (Lipinski definition) is 2. The fraction of sp³-hybridized carbons (Fsp3) is 0.300. The topological polar surface area (TPSA) is 84.5 Å². The molecule has 0 aromatic heterocycles. The van der Waals surface area contributed by atoms with Gasteiger partial charge in [0.05, 0.1) is 16.3 Å². The van der Waals surface area contributed by atoms with Gasteiger partial charge in [-0.05, 0) is 48.0 Å². The average molecular weight is 355 g/mol. The third kappa shape index (κ3) is 5.43. The second kappa shape index (κ2) is 6.20. The van der Waals surface area contributed by atoms with Gasteiger partial charge in [0, 0.05) is 0 Å². The first kappa shape index (κ1) is 15.7. The van der Waals surface area contributed by atoms with E-state index in [1.54, 1.807) is 18.6 Å². The largest absolute Gasteiger partial charge is 0.446 e. The number of carbonyl (C=O) groups is 1. The molecule has 1 rings (SSSR count). The first-order valence-corrected chi connectivity index (χ1v) is 7.43. The predicted octanol–water partition coefficient (Wildman–Crippen LogP) is 2.38. The van der Waals surface area contributed by atoms with Crippen molar-refractivity contribution in [2.24, 2.45) is 0 Å². The highest BCUT2D eigenvalue weighted by Crippen LogP contribution is 2.20. The van der Waals surface area contributed by atoms with Crippen molar-refractivity contribution >= 4 is 37.9 Å². The minimum Gasteiger partial charge on any atom is -0.446 e. The number of nitrogens with one attached hydrogen (secondary N) is 2. The summed E-state index contributed by atoms with van der Waals surface area (Å²) < 4.78 is 44.5. The van der Waals surface area contributed by atoms with E-state index in [9.17, 15) is 17.6 Å². The Morgan fingerprint density at radius 1 is 1.42 bits per heavy atom. The van der Waals surface area contributed by atoms with E-state index in [1.165, 1.54) is 12.1 Å². The van der Waals surface area contributed by atoms with Crippen LogP contribution in [0.5, 0.6) is 0 Å². The van der Waals surface area contributed by atoms with Gasteiger partial charge in [0.2, 0.25) is 0 Å². The van der Waals surface area contributed by atoms with Gasteiger partial charge in [0.15, 0.2) is 0 Å². The molecule has 106 valence electrons. The van der Waals surface area contributed by atoms with Crippen molar-refractivity contribution in [3.63, 3.8) is 0 Å². The zero-order valence-electron chi connectivity index (χ0n) is 10.1. The van der Waals surface area contributed by atoms with Crippen LogP contribution in [0.15, 0.2) is 22.7 Å². The lowest BCUT2D eigenvalue weighted by atomic mass is 10.3. The zero-order chi connectivity index (χ0) is 14.6. The Balaban J connectivity index is 2.74. The van der Waals surface area contributed by atoms with Crippen LogP contribution in [0.25, 0.3) is 0 Å². The number of benzene rings is 1. The fourth-order valence-corrected chi connectivity index (χ4v) is 2.22. The van der Waals surface area contributed by atoms with Gasteiger partial charge in [-0.15, -0.1) is 0 Å². The summed E-state index contributed by atoms with van der Waals surface area (Å²) in [4.78, 5) is 11.2. The lowest BCUT2D eigenvalue weighted by Crippen LogP contribution is -2.36. The van der Waals surface area contributed by atoms with Crippen LogP contribution in [0.2, 0.25) is 0 Å². The molecule has 0 radical (unpaired) electrons. The molecule has 1 aromatic rings. The summed E-state index contributed by atoms with van der Waals surface area (Å²) in [7, 11) is -4.13. The van der Waals surface area contributed by atoms with E-state index in [0.717, 1.165) is 6.07 Å². The lowest BCUT2D eigenvalue weighted by molar-refractivity contribution is 0.121. The second-order valence-electron chi connectivity index (χ2n) is 3.79. The molecular formula is C10H12BrFN2O4S. The molecule has 1 aromatic carbocycles. The first-order chi connectivity index (χ1) is 8.69. The molecule has 0 heterocycles. The molecule has 0 aliphatic carbocycles. The summed E-state index contributed by atoms with van der Waals surface area (Å²) in [5, 5.41) is 0. The Labute approximate surface area is 118 Å². The van der Waals surface area contributed by atoms with Crippen molar-refractivity contribution in [2.75, 3.05) is 4.72 Å². The summed E-state index contributed by atoms with van der Waals surface area (Å²) in [5.41, 5.74) is 0.0955. The molecule has 0 aliphatic heterocycles. The molecule has 0 unspecified atom stereocenters. The Morgan fingerprint density at radius 3 is 2.58 bits per heavy atom. The Kier molecular flexibility index (Phi) is 5.12. The Hall–Kier alpha value is -1.35. The number of ether oxygens (including phenoxy) is 1. The zero-order valence-corrected chi connectivity index (χ0v) is 12.5. The number of amides is 1. The third-order valence-electron chi connectivity index (χ3n) is 1.73. The summed E-state index contributed by atoms with van der Waals surface area (Å²) in [5.74, 6) is -0.532. The highest BCUT2D eigenvalue weighted by molar-refractivity contribution is 9.10. The Morgan fingerprint density at radius 2 is 2.05 bits per heavy atom. The number of halogens is 2. The van der Waals surface area contributed by atoms with Crippen molar-refractivity contribution in [1.29, 1.82) is 0 Å². The molecule has 9 heteroatoms. The molecule has 0 bridgehead atoms. The van der Waals surface area contributed by atoms with E-state index in [4.69, 9.17) is 0 Å². The van der Waals surface area contributed by atoms with Gasteiger partial charge < -0.3 is 4.74 Å². The van der Waals surface area contributed by atoms with Crippen LogP contribution >= 0.6 is 15.9 Å². The van der Waals surface area contributed by atoms with E-state index >= 15 is 0 Å². The molecule has 19 heavy (non-hydrogen) atoms. The smallest absolute Gasteiger partial charge is 0.422 e. The van der Waals surface area contributed by atoms with Crippen LogP contribution in [-0.2, 0) is 14.9 Å². The van der Waals surface area contributed by atoms with Gasteiger partial charge in [-0.3, -0.25) is 4.72 Å². The molecule has 0 fully saturated rings. The van der Waals surface area contributed by atoms with Gasteiger partial charge >= 0.3 is 16.3 Å². The molecule has 0 aliphatic rings. The molecular weight excluding hydrogens is 343 g/mol. The lowest BCUT2D eigenvalue weighted by Gasteiger charge is -2.11. The third-order valence-corrected chi connectivity index (χ3v) is 3.28. The fourth-order valence-electron chi connectivity index (χ4n) is 1.09. The molecule has 6 nitrogen and oxygen atoms in total. The highest BCUT2D eigenvalue weighted by atomic mass is 79.9. The average Bonchev–Trinajstić information content (AvgIpc) is 2.20. The number of carbonyl (C=O) groups excluding carboxylic acids is 1. The summed E-state index contributed by atoms with van der Waals surface area (Å²) in [6.45, 7) is 3.16. The van der Waals surface area contributed by atoms with Crippen molar-refractivity contribution in [1.82, 2.24) is 4.72 Å². The normalized spacial score (nSPS) is 11.2. The van der Waals surface area contributed by atoms with Crippen LogP contribution < -0.4 is 9.44 Å². The van der Waals surface area contributed by atoms with E-state index in [-0.39, 0.29) is 10.2 Å². The van der Waals surface area contributed by atoms with Crippen molar-refractivity contribution in [3.05, 3.63) is 28.5 Å². The molecule has 1 amide bonds. The standard InChI is InChI=1S/C10H12BrFN2O4S/c1-6(2)18-10(15)14-19(16,17)13-7-3-4-9(12)8(11)5-7/h3-6,13H,1-2H3,(H,14,15). The molecule has 2 N–H and O–H groups in total. The van der Waals surface area contributed by atoms with Crippen LogP contribution in [0, 0.1) is 5.82 Å². The first-order valence-electron chi connectivity index (χ1n) is 5.16. The van der Waals surface area contributed by atoms with Crippen LogP contribution in [0.1, 0.15) is 13.8 Å². The van der Waals surface area contributed by atoms with Gasteiger partial charge in [0.25, 0.3) is 0 Å². The maximum atomic E-state index is 13.0. The number of rotatable bonds is 4. The van der Waals surface area contributed by atoms with E-state index < -0.39 is 28.2 Å². The highest BCUT2D eigenvalue weighted by Gasteiger charge is 2.16. The maximum absolute atomic E-state index is 13.0. The molecule has 0 saturated heterocycles. The predicted molar refractivity (Wildman–Crippen MR) is 71.4 cm³/mol. The summed E-state index contributed by atoms with van der Waals surface area (Å²) in [6.07, 6.45) is -1.54. The van der Waals surface area contributed by atoms with Crippen LogP contribution in [-0.4, -0.2) is 20.6 Å². The van der Waals surface area contributed by atoms with Crippen LogP contribution in [0.3, 0.4) is 0 Å². The minimum absolute atomic E-state index is 0.0949. The number of hydrogen-bond acceptors (Lipinski definition) is 4. The second-order valence-corrected chi connectivity index (χ2v) is 6.06. The van der Waals surface area contributed by atoms with Gasteiger partial charge in [-0.25, -0.2) is 13.9 Å².